The molecule has 0 fully saturated rings. The lowest BCUT2D eigenvalue weighted by Crippen LogP contribution is -2.56. The van der Waals surface area contributed by atoms with Crippen LogP contribution in [0.2, 0.25) is 0 Å². The molecule has 2 N–H and O–H groups in total. The van der Waals surface area contributed by atoms with Crippen molar-refractivity contribution in [2.24, 2.45) is 0 Å². The van der Waals surface area contributed by atoms with E-state index in [0.29, 0.717) is 0 Å². The summed E-state index contributed by atoms with van der Waals surface area (Å²) in [6.07, 6.45) is -2.07. The molecule has 0 aliphatic carbocycles. The van der Waals surface area contributed by atoms with Crippen LogP contribution in [0.5, 0.6) is 0 Å². The van der Waals surface area contributed by atoms with Gasteiger partial charge in [-0.1, -0.05) is 0 Å². The zero-order chi connectivity index (χ0) is 17.4. The van der Waals surface area contributed by atoms with E-state index in [1.165, 1.54) is 0 Å². The molecule has 0 spiro atoms. The van der Waals surface area contributed by atoms with E-state index in [2.05, 4.69) is 14.2 Å². The van der Waals surface area contributed by atoms with Crippen molar-refractivity contribution in [2.75, 3.05) is 39.2 Å². The molecule has 0 aromatic heterocycles. The quantitative estimate of drug-likeness (QED) is 0.306. The highest BCUT2D eigenvalue weighted by Crippen LogP contribution is 2.54. The minimum atomic E-state index is -5.36. The van der Waals surface area contributed by atoms with Crippen molar-refractivity contribution in [1.29, 1.82) is 0 Å². The Balaban J connectivity index is 5.76. The van der Waals surface area contributed by atoms with Crippen molar-refractivity contribution < 1.29 is 42.9 Å². The average Bonchev–Trinajstić information content (AvgIpc) is 2.46. The molecule has 0 radical (unpaired) electrons. The normalized spacial score (nSPS) is 15.7. The maximum absolute atomic E-state index is 12.1. The Labute approximate surface area is 136 Å². The van der Waals surface area contributed by atoms with Gasteiger partial charge in [-0.2, -0.15) is 0 Å². The lowest BCUT2D eigenvalue weighted by atomic mass is 10.2. The molecule has 0 saturated heterocycles. The standard InChI is InChI=1S/C10H17Cl2O9P/c1-18-7(8(13)20-5-3-11)10(19-2,22(15,16)17)9(14)21-6-4-12/h7H,3-6H2,1-2H3,(H2,15,16,17). The number of halogens is 2. The number of rotatable bonds is 10. The lowest BCUT2D eigenvalue weighted by Gasteiger charge is -2.34. The Kier molecular flexibility index (Phi) is 9.49. The number of methoxy groups -OCH3 is 2. The zero-order valence-electron chi connectivity index (χ0n) is 11.9. The van der Waals surface area contributed by atoms with Crippen LogP contribution in [0.15, 0.2) is 0 Å². The predicted octanol–water partition coefficient (Wildman–Crippen LogP) is 0.0858. The molecule has 0 aromatic rings. The van der Waals surface area contributed by atoms with E-state index in [4.69, 9.17) is 27.9 Å². The maximum Gasteiger partial charge on any atom is 0.372 e. The van der Waals surface area contributed by atoms with Crippen LogP contribution in [-0.2, 0) is 33.1 Å². The van der Waals surface area contributed by atoms with Crippen molar-refractivity contribution in [1.82, 2.24) is 0 Å². The number of carbonyl (C=O) groups is 2. The number of hydrogen-bond acceptors (Lipinski definition) is 7. The molecule has 2 unspecified atom stereocenters. The second kappa shape index (κ2) is 9.67. The van der Waals surface area contributed by atoms with E-state index < -0.39 is 31.0 Å². The summed E-state index contributed by atoms with van der Waals surface area (Å²) in [7, 11) is -3.59. The second-order valence-corrected chi connectivity index (χ2v) is 6.25. The SMILES string of the molecule is COC(C(=O)OCCCl)C(OC)(C(=O)OCCCl)P(=O)(O)O. The first-order valence-corrected chi connectivity index (χ1v) is 8.50. The Morgan fingerprint density at radius 2 is 1.64 bits per heavy atom. The van der Waals surface area contributed by atoms with E-state index in [9.17, 15) is 23.9 Å². The highest BCUT2D eigenvalue weighted by atomic mass is 35.5. The summed E-state index contributed by atoms with van der Waals surface area (Å²) in [6.45, 7) is -0.601. The van der Waals surface area contributed by atoms with Crippen LogP contribution >= 0.6 is 30.8 Å². The smallest absolute Gasteiger partial charge is 0.372 e. The van der Waals surface area contributed by atoms with Crippen molar-refractivity contribution >= 4 is 42.7 Å². The summed E-state index contributed by atoms with van der Waals surface area (Å²) < 4.78 is 30.4. The van der Waals surface area contributed by atoms with Gasteiger partial charge in [-0.3, -0.25) is 4.57 Å². The first-order valence-electron chi connectivity index (χ1n) is 5.82. The third-order valence-electron chi connectivity index (χ3n) is 2.47. The van der Waals surface area contributed by atoms with Crippen LogP contribution in [0.4, 0.5) is 0 Å². The molecule has 0 aliphatic heterocycles. The number of alkyl halides is 2. The van der Waals surface area contributed by atoms with E-state index >= 15 is 0 Å². The average molecular weight is 383 g/mol. The van der Waals surface area contributed by atoms with Gasteiger partial charge in [-0.15, -0.1) is 23.2 Å². The van der Waals surface area contributed by atoms with Gasteiger partial charge < -0.3 is 28.7 Å². The molecule has 9 nitrogen and oxygen atoms in total. The molecular formula is C10H17Cl2O9P. The van der Waals surface area contributed by atoms with Crippen molar-refractivity contribution in [3.8, 4) is 0 Å². The molecule has 22 heavy (non-hydrogen) atoms. The first-order chi connectivity index (χ1) is 10.2. The fourth-order valence-electron chi connectivity index (χ4n) is 1.55. The molecule has 0 saturated carbocycles. The van der Waals surface area contributed by atoms with Crippen LogP contribution in [0.3, 0.4) is 0 Å². The van der Waals surface area contributed by atoms with Crippen LogP contribution < -0.4 is 0 Å². The fourth-order valence-corrected chi connectivity index (χ4v) is 2.76. The maximum atomic E-state index is 12.1. The molecule has 130 valence electrons. The van der Waals surface area contributed by atoms with E-state index in [0.717, 1.165) is 14.2 Å². The Bertz CT molecular complexity index is 427. The van der Waals surface area contributed by atoms with Gasteiger partial charge in [0.25, 0.3) is 0 Å². The molecule has 0 heterocycles. The van der Waals surface area contributed by atoms with Crippen LogP contribution in [-0.4, -0.2) is 72.4 Å². The highest BCUT2D eigenvalue weighted by molar-refractivity contribution is 7.54. The first kappa shape index (κ1) is 21.6. The van der Waals surface area contributed by atoms with Crippen LogP contribution in [0, 0.1) is 0 Å². The number of hydrogen-bond donors (Lipinski definition) is 2. The molecule has 0 aliphatic rings. The van der Waals surface area contributed by atoms with Gasteiger partial charge in [0, 0.05) is 14.2 Å². The Morgan fingerprint density at radius 3 is 2.00 bits per heavy atom. The van der Waals surface area contributed by atoms with Gasteiger partial charge in [0.05, 0.1) is 11.8 Å². The summed E-state index contributed by atoms with van der Waals surface area (Å²) >= 11 is 10.7. The van der Waals surface area contributed by atoms with Gasteiger partial charge in [-0.25, -0.2) is 9.59 Å². The summed E-state index contributed by atoms with van der Waals surface area (Å²) in [5, 5.41) is -3.02. The van der Waals surface area contributed by atoms with Crippen LogP contribution in [0.25, 0.3) is 0 Å². The number of ether oxygens (including phenoxy) is 4. The third-order valence-corrected chi connectivity index (χ3v) is 4.25. The monoisotopic (exact) mass is 382 g/mol. The molecule has 0 bridgehead atoms. The topological polar surface area (TPSA) is 129 Å². The Hall–Kier alpha value is -0.410. The third kappa shape index (κ3) is 4.79. The molecule has 2 atom stereocenters. The van der Waals surface area contributed by atoms with Gasteiger partial charge >= 0.3 is 24.9 Å². The van der Waals surface area contributed by atoms with Gasteiger partial charge in [-0.05, 0) is 0 Å². The van der Waals surface area contributed by atoms with E-state index in [-0.39, 0.29) is 25.0 Å². The summed E-state index contributed by atoms with van der Waals surface area (Å²) in [5.41, 5.74) is 0. The molecule has 0 rings (SSSR count). The predicted molar refractivity (Wildman–Crippen MR) is 75.9 cm³/mol. The van der Waals surface area contributed by atoms with Crippen molar-refractivity contribution in [3.05, 3.63) is 0 Å². The Morgan fingerprint density at radius 1 is 1.14 bits per heavy atom. The van der Waals surface area contributed by atoms with Gasteiger partial charge in [0.1, 0.15) is 13.2 Å². The molecule has 0 aromatic carbocycles. The number of esters is 2. The van der Waals surface area contributed by atoms with Gasteiger partial charge in [0.2, 0.25) is 6.10 Å². The van der Waals surface area contributed by atoms with Crippen molar-refractivity contribution in [3.63, 3.8) is 0 Å². The molecule has 0 amide bonds. The van der Waals surface area contributed by atoms with Crippen LogP contribution in [0.1, 0.15) is 0 Å². The molecular weight excluding hydrogens is 366 g/mol. The fraction of sp³-hybridized carbons (Fsp3) is 0.800. The second-order valence-electron chi connectivity index (χ2n) is 3.74. The lowest BCUT2D eigenvalue weighted by molar-refractivity contribution is -0.186. The van der Waals surface area contributed by atoms with Gasteiger partial charge in [0.15, 0.2) is 0 Å². The van der Waals surface area contributed by atoms with E-state index in [1.807, 2.05) is 0 Å². The zero-order valence-corrected chi connectivity index (χ0v) is 14.3. The minimum absolute atomic E-state index is 0.0608. The largest absolute Gasteiger partial charge is 0.462 e. The van der Waals surface area contributed by atoms with E-state index in [1.54, 1.807) is 0 Å². The number of carbonyl (C=O) groups excluding carboxylic acids is 2. The highest BCUT2D eigenvalue weighted by Gasteiger charge is 2.65. The summed E-state index contributed by atoms with van der Waals surface area (Å²) in [6, 6.07) is 0. The van der Waals surface area contributed by atoms with Crippen molar-refractivity contribution in [2.45, 2.75) is 11.4 Å². The molecule has 12 heteroatoms. The summed E-state index contributed by atoms with van der Waals surface area (Å²) in [4.78, 5) is 43.0. The summed E-state index contributed by atoms with van der Waals surface area (Å²) in [5.74, 6) is -2.93. The minimum Gasteiger partial charge on any atom is -0.462 e.